The molecule has 1 N–H and O–H groups in total. The molecule has 2 atom stereocenters. The van der Waals surface area contributed by atoms with Crippen molar-refractivity contribution in [3.63, 3.8) is 0 Å². The van der Waals surface area contributed by atoms with E-state index in [1.807, 2.05) is 30.3 Å². The number of piperidine rings is 1. The highest BCUT2D eigenvalue weighted by molar-refractivity contribution is 5.84. The second-order valence-electron chi connectivity index (χ2n) is 6.29. The van der Waals surface area contributed by atoms with Crippen LogP contribution in [0.25, 0.3) is 0 Å². The van der Waals surface area contributed by atoms with Crippen molar-refractivity contribution in [1.29, 1.82) is 0 Å². The second kappa shape index (κ2) is 9.42. The van der Waals surface area contributed by atoms with Gasteiger partial charge in [-0.3, -0.25) is 9.59 Å². The van der Waals surface area contributed by atoms with E-state index in [4.69, 9.17) is 4.74 Å². The summed E-state index contributed by atoms with van der Waals surface area (Å²) in [5, 5.41) is 2.98. The second-order valence-corrected chi connectivity index (χ2v) is 6.29. The molecule has 0 saturated carbocycles. The molecule has 1 aromatic carbocycles. The van der Waals surface area contributed by atoms with E-state index < -0.39 is 6.10 Å². The summed E-state index contributed by atoms with van der Waals surface area (Å²) >= 11 is 0. The van der Waals surface area contributed by atoms with Crippen LogP contribution in [0.1, 0.15) is 44.3 Å². The molecule has 0 bridgehead atoms. The zero-order valence-electron chi connectivity index (χ0n) is 14.7. The minimum Gasteiger partial charge on any atom is -0.367 e. The van der Waals surface area contributed by atoms with E-state index in [-0.39, 0.29) is 17.7 Å². The first-order valence-corrected chi connectivity index (χ1v) is 8.81. The first kappa shape index (κ1) is 18.5. The molecule has 24 heavy (non-hydrogen) atoms. The summed E-state index contributed by atoms with van der Waals surface area (Å²) in [4.78, 5) is 26.9. The normalized spacial score (nSPS) is 18.9. The number of ether oxygens (including phenoxy) is 1. The first-order valence-electron chi connectivity index (χ1n) is 8.81. The van der Waals surface area contributed by atoms with E-state index >= 15 is 0 Å². The molecular weight excluding hydrogens is 304 g/mol. The molecule has 0 spiro atoms. The lowest BCUT2D eigenvalue weighted by molar-refractivity contribution is -0.145. The molecule has 0 aromatic heterocycles. The Morgan fingerprint density at radius 1 is 1.33 bits per heavy atom. The number of carbonyl (C=O) groups excluding carboxylic acids is 2. The third-order valence-corrected chi connectivity index (χ3v) is 4.50. The zero-order valence-corrected chi connectivity index (χ0v) is 14.7. The van der Waals surface area contributed by atoms with Gasteiger partial charge in [-0.1, -0.05) is 43.7 Å². The summed E-state index contributed by atoms with van der Waals surface area (Å²) in [7, 11) is 1.55. The molecular formula is C19H28N2O3. The number of nitrogens with zero attached hydrogens (tertiary/aromatic N) is 1. The summed E-state index contributed by atoms with van der Waals surface area (Å²) < 4.78 is 5.43. The summed E-state index contributed by atoms with van der Waals surface area (Å²) in [6.45, 7) is 3.97. The predicted octanol–water partition coefficient (Wildman–Crippen LogP) is 2.53. The fourth-order valence-electron chi connectivity index (χ4n) is 3.10. The summed E-state index contributed by atoms with van der Waals surface area (Å²) in [5.74, 6) is -0.114. The Morgan fingerprint density at radius 3 is 2.75 bits per heavy atom. The monoisotopic (exact) mass is 332 g/mol. The van der Waals surface area contributed by atoms with Gasteiger partial charge in [0.05, 0.1) is 5.92 Å². The maximum Gasteiger partial charge on any atom is 0.256 e. The Hall–Kier alpha value is -1.88. The van der Waals surface area contributed by atoms with E-state index in [1.165, 1.54) is 0 Å². The van der Waals surface area contributed by atoms with Crippen molar-refractivity contribution in [3.05, 3.63) is 35.9 Å². The number of amides is 2. The van der Waals surface area contributed by atoms with Gasteiger partial charge in [-0.25, -0.2) is 0 Å². The smallest absolute Gasteiger partial charge is 0.256 e. The molecule has 2 amide bonds. The molecule has 2 unspecified atom stereocenters. The Bertz CT molecular complexity index is 533. The van der Waals surface area contributed by atoms with Crippen LogP contribution in [0.15, 0.2) is 30.3 Å². The molecule has 5 nitrogen and oxygen atoms in total. The summed E-state index contributed by atoms with van der Waals surface area (Å²) in [5.41, 5.74) is 0.847. The van der Waals surface area contributed by atoms with Gasteiger partial charge in [-0.15, -0.1) is 0 Å². The summed E-state index contributed by atoms with van der Waals surface area (Å²) in [6.07, 6.45) is 3.13. The molecule has 1 fully saturated rings. The predicted molar refractivity (Wildman–Crippen MR) is 93.4 cm³/mol. The zero-order chi connectivity index (χ0) is 17.4. The van der Waals surface area contributed by atoms with Gasteiger partial charge in [0.25, 0.3) is 5.91 Å². The number of methoxy groups -OCH3 is 1. The van der Waals surface area contributed by atoms with Gasteiger partial charge in [0.1, 0.15) is 0 Å². The maximum atomic E-state index is 12.8. The van der Waals surface area contributed by atoms with Gasteiger partial charge in [-0.2, -0.15) is 0 Å². The number of hydrogen-bond acceptors (Lipinski definition) is 3. The van der Waals surface area contributed by atoms with Crippen LogP contribution >= 0.6 is 0 Å². The quantitative estimate of drug-likeness (QED) is 0.781. The topological polar surface area (TPSA) is 58.6 Å². The van der Waals surface area contributed by atoms with Crippen LogP contribution in [0, 0.1) is 5.92 Å². The Balaban J connectivity index is 1.97. The van der Waals surface area contributed by atoms with Crippen LogP contribution in [0.5, 0.6) is 0 Å². The number of hydrogen-bond donors (Lipinski definition) is 1. The summed E-state index contributed by atoms with van der Waals surface area (Å²) in [6, 6.07) is 9.50. The average Bonchev–Trinajstić information content (AvgIpc) is 2.63. The van der Waals surface area contributed by atoms with Gasteiger partial charge in [0.15, 0.2) is 6.10 Å². The Kier molecular flexibility index (Phi) is 7.25. The Labute approximate surface area is 144 Å². The lowest BCUT2D eigenvalue weighted by atomic mass is 9.96. The van der Waals surface area contributed by atoms with Crippen LogP contribution in [0.3, 0.4) is 0 Å². The minimum absolute atomic E-state index is 0.0604. The lowest BCUT2D eigenvalue weighted by Crippen LogP contribution is -2.47. The molecule has 5 heteroatoms. The lowest BCUT2D eigenvalue weighted by Gasteiger charge is -2.34. The van der Waals surface area contributed by atoms with Crippen molar-refractivity contribution in [2.45, 2.75) is 38.7 Å². The highest BCUT2D eigenvalue weighted by atomic mass is 16.5. The van der Waals surface area contributed by atoms with Crippen molar-refractivity contribution in [3.8, 4) is 0 Å². The van der Waals surface area contributed by atoms with Crippen LogP contribution in [0.4, 0.5) is 0 Å². The van der Waals surface area contributed by atoms with Crippen molar-refractivity contribution >= 4 is 11.8 Å². The SMILES string of the molecule is CCCCNC(=O)C1CCCN(C(=O)C(OC)c2ccccc2)C1. The van der Waals surface area contributed by atoms with Gasteiger partial charge in [0, 0.05) is 26.7 Å². The number of nitrogens with one attached hydrogen (secondary N) is 1. The highest BCUT2D eigenvalue weighted by Crippen LogP contribution is 2.24. The Morgan fingerprint density at radius 2 is 2.08 bits per heavy atom. The number of unbranched alkanes of at least 4 members (excludes halogenated alkanes) is 1. The van der Waals surface area contributed by atoms with E-state index in [0.717, 1.165) is 31.2 Å². The van der Waals surface area contributed by atoms with Gasteiger partial charge >= 0.3 is 0 Å². The molecule has 0 aliphatic carbocycles. The first-order chi connectivity index (χ1) is 11.7. The largest absolute Gasteiger partial charge is 0.367 e. The van der Waals surface area contributed by atoms with Crippen molar-refractivity contribution in [1.82, 2.24) is 10.2 Å². The van der Waals surface area contributed by atoms with Crippen molar-refractivity contribution in [2.75, 3.05) is 26.7 Å². The number of rotatable bonds is 7. The minimum atomic E-state index is -0.604. The van der Waals surface area contributed by atoms with Crippen LogP contribution in [-0.4, -0.2) is 43.5 Å². The average molecular weight is 332 g/mol. The molecule has 1 aromatic rings. The standard InChI is InChI=1S/C19H28N2O3/c1-3-4-12-20-18(22)16-11-8-13-21(14-16)19(23)17(24-2)15-9-6-5-7-10-15/h5-7,9-10,16-17H,3-4,8,11-14H2,1-2H3,(H,20,22). The van der Waals surface area contributed by atoms with E-state index in [2.05, 4.69) is 12.2 Å². The van der Waals surface area contributed by atoms with E-state index in [1.54, 1.807) is 12.0 Å². The number of likely N-dealkylation sites (tertiary alicyclic amines) is 1. The molecule has 1 saturated heterocycles. The number of benzene rings is 1. The fourth-order valence-corrected chi connectivity index (χ4v) is 3.10. The molecule has 2 rings (SSSR count). The highest BCUT2D eigenvalue weighted by Gasteiger charge is 2.32. The van der Waals surface area contributed by atoms with Crippen LogP contribution in [-0.2, 0) is 14.3 Å². The van der Waals surface area contributed by atoms with Crippen LogP contribution in [0.2, 0.25) is 0 Å². The number of carbonyl (C=O) groups is 2. The van der Waals surface area contributed by atoms with Gasteiger partial charge in [-0.05, 0) is 24.8 Å². The molecule has 132 valence electrons. The van der Waals surface area contributed by atoms with E-state index in [0.29, 0.717) is 19.6 Å². The maximum absolute atomic E-state index is 12.8. The molecule has 1 aliphatic rings. The third kappa shape index (κ3) is 4.81. The molecule has 1 heterocycles. The molecule has 1 aliphatic heterocycles. The van der Waals surface area contributed by atoms with Crippen LogP contribution < -0.4 is 5.32 Å². The third-order valence-electron chi connectivity index (χ3n) is 4.50. The molecule has 0 radical (unpaired) electrons. The van der Waals surface area contributed by atoms with Gasteiger partial charge in [0.2, 0.25) is 5.91 Å². The fraction of sp³-hybridized carbons (Fsp3) is 0.579. The van der Waals surface area contributed by atoms with Gasteiger partial charge < -0.3 is 15.0 Å². The van der Waals surface area contributed by atoms with Crippen molar-refractivity contribution < 1.29 is 14.3 Å². The van der Waals surface area contributed by atoms with E-state index in [9.17, 15) is 9.59 Å². The van der Waals surface area contributed by atoms with Crippen molar-refractivity contribution in [2.24, 2.45) is 5.92 Å².